The lowest BCUT2D eigenvalue weighted by atomic mass is 10.2. The highest BCUT2D eigenvalue weighted by Crippen LogP contribution is 2.13. The molecule has 1 aliphatic rings. The summed E-state index contributed by atoms with van der Waals surface area (Å²) in [4.78, 5) is 10.6. The van der Waals surface area contributed by atoms with Crippen molar-refractivity contribution in [1.82, 2.24) is 4.31 Å². The summed E-state index contributed by atoms with van der Waals surface area (Å²) in [6, 6.07) is 0. The Bertz CT molecular complexity index is 425. The number of carbonyl (C=O) groups is 1. The van der Waals surface area contributed by atoms with Gasteiger partial charge in [0.25, 0.3) is 0 Å². The summed E-state index contributed by atoms with van der Waals surface area (Å²) in [5.41, 5.74) is 4.72. The molecule has 92 valence electrons. The SMILES string of the molecule is CC1=NS(=O)(=O)N(C)C=C1C(=O)O.CCN. The van der Waals surface area contributed by atoms with Crippen molar-refractivity contribution in [3.8, 4) is 0 Å². The molecule has 1 rings (SSSR count). The van der Waals surface area contributed by atoms with E-state index in [0.717, 1.165) is 17.0 Å². The van der Waals surface area contributed by atoms with Gasteiger partial charge in [-0.2, -0.15) is 8.42 Å². The Kier molecular flexibility index (Phi) is 5.12. The van der Waals surface area contributed by atoms with Gasteiger partial charge in [-0.05, 0) is 13.5 Å². The van der Waals surface area contributed by atoms with Crippen molar-refractivity contribution in [2.24, 2.45) is 10.1 Å². The van der Waals surface area contributed by atoms with E-state index in [4.69, 9.17) is 10.8 Å². The molecule has 0 aromatic rings. The first-order valence-electron chi connectivity index (χ1n) is 4.46. The van der Waals surface area contributed by atoms with Crippen LogP contribution in [-0.4, -0.2) is 43.1 Å². The number of carboxylic acid groups (broad SMARTS) is 1. The monoisotopic (exact) mass is 249 g/mol. The Hall–Kier alpha value is -1.41. The molecule has 0 aliphatic carbocycles. The first-order valence-corrected chi connectivity index (χ1v) is 5.86. The second kappa shape index (κ2) is 5.61. The highest BCUT2D eigenvalue weighted by Gasteiger charge is 2.24. The zero-order valence-corrected chi connectivity index (χ0v) is 10.2. The van der Waals surface area contributed by atoms with E-state index >= 15 is 0 Å². The molecular formula is C8H15N3O4S. The number of rotatable bonds is 1. The summed E-state index contributed by atoms with van der Waals surface area (Å²) >= 11 is 0. The normalized spacial score (nSPS) is 17.9. The van der Waals surface area contributed by atoms with Gasteiger partial charge in [0.15, 0.2) is 0 Å². The number of aliphatic carboxylic acids is 1. The van der Waals surface area contributed by atoms with Crippen molar-refractivity contribution in [3.05, 3.63) is 11.8 Å². The van der Waals surface area contributed by atoms with Crippen LogP contribution in [0.2, 0.25) is 0 Å². The number of hydrogen-bond donors (Lipinski definition) is 2. The summed E-state index contributed by atoms with van der Waals surface area (Å²) in [5, 5.41) is 8.63. The molecule has 3 N–H and O–H groups in total. The quantitative estimate of drug-likeness (QED) is 0.654. The minimum absolute atomic E-state index is 0.00870. The predicted molar refractivity (Wildman–Crippen MR) is 60.2 cm³/mol. The van der Waals surface area contributed by atoms with E-state index in [2.05, 4.69) is 4.40 Å². The molecule has 0 aromatic carbocycles. The zero-order chi connectivity index (χ0) is 12.9. The molecule has 7 nitrogen and oxygen atoms in total. The number of carboxylic acids is 1. The zero-order valence-electron chi connectivity index (χ0n) is 9.34. The maximum Gasteiger partial charge on any atom is 0.344 e. The van der Waals surface area contributed by atoms with Crippen LogP contribution in [0.15, 0.2) is 16.2 Å². The average molecular weight is 249 g/mol. The molecule has 0 saturated carbocycles. The van der Waals surface area contributed by atoms with Crippen LogP contribution in [-0.2, 0) is 15.0 Å². The van der Waals surface area contributed by atoms with Gasteiger partial charge in [-0.15, -0.1) is 4.40 Å². The van der Waals surface area contributed by atoms with Crippen LogP contribution in [0.4, 0.5) is 0 Å². The third-order valence-corrected chi connectivity index (χ3v) is 2.89. The van der Waals surface area contributed by atoms with Crippen LogP contribution in [0.5, 0.6) is 0 Å². The van der Waals surface area contributed by atoms with E-state index in [9.17, 15) is 13.2 Å². The fourth-order valence-corrected chi connectivity index (χ4v) is 1.65. The minimum Gasteiger partial charge on any atom is -0.478 e. The summed E-state index contributed by atoms with van der Waals surface area (Å²) < 4.78 is 26.2. The number of nitrogens with two attached hydrogens (primary N) is 1. The average Bonchev–Trinajstić information content (AvgIpc) is 2.11. The van der Waals surface area contributed by atoms with Crippen LogP contribution in [0.1, 0.15) is 13.8 Å². The molecule has 1 heterocycles. The maximum atomic E-state index is 11.1. The van der Waals surface area contributed by atoms with Gasteiger partial charge in [-0.3, -0.25) is 4.31 Å². The summed E-state index contributed by atoms with van der Waals surface area (Å²) in [5.74, 6) is -1.19. The van der Waals surface area contributed by atoms with Crippen molar-refractivity contribution in [2.75, 3.05) is 13.6 Å². The van der Waals surface area contributed by atoms with Gasteiger partial charge in [0.1, 0.15) is 0 Å². The first kappa shape index (κ1) is 14.6. The molecule has 1 aliphatic heterocycles. The smallest absolute Gasteiger partial charge is 0.344 e. The molecule has 0 amide bonds. The number of nitrogens with zero attached hydrogens (tertiary/aromatic N) is 2. The molecule has 0 unspecified atom stereocenters. The lowest BCUT2D eigenvalue weighted by Crippen LogP contribution is -2.28. The van der Waals surface area contributed by atoms with Crippen molar-refractivity contribution in [3.63, 3.8) is 0 Å². The molecule has 8 heteroatoms. The van der Waals surface area contributed by atoms with Gasteiger partial charge in [0.05, 0.1) is 11.3 Å². The molecule has 0 aromatic heterocycles. The second-order valence-electron chi connectivity index (χ2n) is 2.93. The molecule has 0 radical (unpaired) electrons. The molecule has 0 fully saturated rings. The summed E-state index contributed by atoms with van der Waals surface area (Å²) in [7, 11) is -2.47. The third-order valence-electron chi connectivity index (χ3n) is 1.55. The molecule has 0 spiro atoms. The Balaban J connectivity index is 0.000000673. The van der Waals surface area contributed by atoms with Gasteiger partial charge in [0, 0.05) is 13.2 Å². The third kappa shape index (κ3) is 3.63. The van der Waals surface area contributed by atoms with E-state index in [1.54, 1.807) is 0 Å². The molecule has 0 bridgehead atoms. The van der Waals surface area contributed by atoms with E-state index in [-0.39, 0.29) is 11.3 Å². The fraction of sp³-hybridized carbons (Fsp3) is 0.500. The summed E-state index contributed by atoms with van der Waals surface area (Å²) in [6.45, 7) is 3.99. The van der Waals surface area contributed by atoms with Gasteiger partial charge in [-0.25, -0.2) is 4.79 Å². The minimum atomic E-state index is -3.70. The Morgan fingerprint density at radius 3 is 2.44 bits per heavy atom. The van der Waals surface area contributed by atoms with Crippen LogP contribution in [0.25, 0.3) is 0 Å². The van der Waals surface area contributed by atoms with E-state index < -0.39 is 16.2 Å². The van der Waals surface area contributed by atoms with Crippen LogP contribution >= 0.6 is 0 Å². The fourth-order valence-electron chi connectivity index (χ4n) is 0.838. The van der Waals surface area contributed by atoms with Crippen molar-refractivity contribution in [2.45, 2.75) is 13.8 Å². The molecule has 16 heavy (non-hydrogen) atoms. The largest absolute Gasteiger partial charge is 0.478 e. The van der Waals surface area contributed by atoms with Gasteiger partial charge in [0.2, 0.25) is 0 Å². The lowest BCUT2D eigenvalue weighted by Gasteiger charge is -2.17. The van der Waals surface area contributed by atoms with Crippen molar-refractivity contribution < 1.29 is 18.3 Å². The van der Waals surface area contributed by atoms with Crippen molar-refractivity contribution in [1.29, 1.82) is 0 Å². The van der Waals surface area contributed by atoms with Crippen LogP contribution < -0.4 is 5.73 Å². The Morgan fingerprint density at radius 2 is 2.06 bits per heavy atom. The highest BCUT2D eigenvalue weighted by molar-refractivity contribution is 7.88. The predicted octanol–water partition coefficient (Wildman–Crippen LogP) is -0.429. The number of hydrogen-bond acceptors (Lipinski definition) is 4. The first-order chi connectivity index (χ1) is 7.26. The maximum absolute atomic E-state index is 11.1. The van der Waals surface area contributed by atoms with E-state index in [1.165, 1.54) is 14.0 Å². The van der Waals surface area contributed by atoms with Crippen molar-refractivity contribution >= 4 is 21.9 Å². The molecule has 0 atom stereocenters. The van der Waals surface area contributed by atoms with Crippen LogP contribution in [0, 0.1) is 0 Å². The Morgan fingerprint density at radius 1 is 1.62 bits per heavy atom. The van der Waals surface area contributed by atoms with Crippen LogP contribution in [0.3, 0.4) is 0 Å². The van der Waals surface area contributed by atoms with Gasteiger partial charge < -0.3 is 10.8 Å². The topological polar surface area (TPSA) is 113 Å². The standard InChI is InChI=1S/C6H8N2O4S.C2H7N/c1-4-5(6(9)10)3-8(2)13(11,12)7-4;1-2-3/h3H,1-2H3,(H,9,10);2-3H2,1H3. The van der Waals surface area contributed by atoms with Gasteiger partial charge >= 0.3 is 16.2 Å². The van der Waals surface area contributed by atoms with Gasteiger partial charge in [-0.1, -0.05) is 6.92 Å². The Labute approximate surface area is 94.5 Å². The lowest BCUT2D eigenvalue weighted by molar-refractivity contribution is -0.132. The highest BCUT2D eigenvalue weighted by atomic mass is 32.2. The summed E-state index contributed by atoms with van der Waals surface area (Å²) in [6.07, 6.45) is 1.03. The van der Waals surface area contributed by atoms with E-state index in [0.29, 0.717) is 0 Å². The second-order valence-corrected chi connectivity index (χ2v) is 4.58. The molecular weight excluding hydrogens is 234 g/mol. The molecule has 0 saturated heterocycles. The van der Waals surface area contributed by atoms with E-state index in [1.807, 2.05) is 6.92 Å².